The first kappa shape index (κ1) is 16.6. The number of aromatic amines is 1. The molecule has 0 aliphatic carbocycles. The van der Waals surface area contributed by atoms with E-state index in [0.717, 1.165) is 5.39 Å². The van der Waals surface area contributed by atoms with E-state index < -0.39 is 5.82 Å². The number of hydrogen-bond donors (Lipinski definition) is 2. The number of H-pyrrole nitrogens is 1. The molecule has 0 atom stereocenters. The zero-order valence-corrected chi connectivity index (χ0v) is 13.5. The summed E-state index contributed by atoms with van der Waals surface area (Å²) in [4.78, 5) is 30.7. The van der Waals surface area contributed by atoms with E-state index in [1.54, 1.807) is 24.3 Å². The van der Waals surface area contributed by atoms with E-state index in [1.807, 2.05) is 0 Å². The number of ether oxygens (including phenoxy) is 1. The number of nitrogens with one attached hydrogen (secondary N) is 2. The fraction of sp³-hybridized carbons (Fsp3) is 0.167. The normalized spacial score (nSPS) is 10.6. The molecular weight excluding hydrogens is 325 g/mol. The number of halogens is 1. The molecule has 0 radical (unpaired) electrons. The third-order valence-electron chi connectivity index (χ3n) is 3.74. The van der Waals surface area contributed by atoms with Crippen molar-refractivity contribution in [1.82, 2.24) is 9.97 Å². The molecular formula is C18H16FN3O3. The number of nitrogens with zero attached hydrogens (tertiary/aromatic N) is 1. The van der Waals surface area contributed by atoms with E-state index in [-0.39, 0.29) is 24.3 Å². The number of carbonyl (C=O) groups excluding carboxylic acids is 1. The highest BCUT2D eigenvalue weighted by atomic mass is 19.1. The Morgan fingerprint density at radius 2 is 2.12 bits per heavy atom. The molecule has 25 heavy (non-hydrogen) atoms. The summed E-state index contributed by atoms with van der Waals surface area (Å²) in [6.45, 7) is 0. The number of pyridine rings is 2. The maximum Gasteiger partial charge on any atom is 0.251 e. The van der Waals surface area contributed by atoms with Crippen LogP contribution in [0.25, 0.3) is 10.9 Å². The van der Waals surface area contributed by atoms with Gasteiger partial charge < -0.3 is 15.0 Å². The lowest BCUT2D eigenvalue weighted by molar-refractivity contribution is -0.116. The second-order valence-electron chi connectivity index (χ2n) is 5.49. The summed E-state index contributed by atoms with van der Waals surface area (Å²) in [5.74, 6) is -0.189. The molecule has 2 heterocycles. The number of benzene rings is 1. The Labute approximate surface area is 142 Å². The van der Waals surface area contributed by atoms with Crippen molar-refractivity contribution in [3.63, 3.8) is 0 Å². The number of fused-ring (bicyclic) bond motifs is 1. The minimum atomic E-state index is -0.414. The van der Waals surface area contributed by atoms with Crippen molar-refractivity contribution in [2.45, 2.75) is 12.8 Å². The Morgan fingerprint density at radius 1 is 1.28 bits per heavy atom. The number of aryl methyl sites for hydroxylation is 1. The molecule has 0 aliphatic rings. The summed E-state index contributed by atoms with van der Waals surface area (Å²) in [6, 6.07) is 9.19. The van der Waals surface area contributed by atoms with Gasteiger partial charge in [-0.05, 0) is 42.1 Å². The van der Waals surface area contributed by atoms with Crippen LogP contribution in [-0.4, -0.2) is 23.0 Å². The van der Waals surface area contributed by atoms with Crippen molar-refractivity contribution in [3.8, 4) is 5.88 Å². The van der Waals surface area contributed by atoms with Gasteiger partial charge >= 0.3 is 0 Å². The van der Waals surface area contributed by atoms with E-state index in [1.165, 1.54) is 25.4 Å². The molecule has 0 spiro atoms. The molecule has 128 valence electrons. The Bertz CT molecular complexity index is 967. The van der Waals surface area contributed by atoms with Gasteiger partial charge in [0.2, 0.25) is 11.8 Å². The monoisotopic (exact) mass is 341 g/mol. The van der Waals surface area contributed by atoms with Gasteiger partial charge in [0.25, 0.3) is 5.56 Å². The number of methoxy groups -OCH3 is 1. The molecule has 2 aromatic heterocycles. The van der Waals surface area contributed by atoms with Crippen molar-refractivity contribution in [2.75, 3.05) is 12.4 Å². The highest BCUT2D eigenvalue weighted by Crippen LogP contribution is 2.14. The lowest BCUT2D eigenvalue weighted by Crippen LogP contribution is -2.17. The number of aromatic nitrogens is 2. The van der Waals surface area contributed by atoms with Gasteiger partial charge in [-0.2, -0.15) is 0 Å². The molecule has 0 fully saturated rings. The lowest BCUT2D eigenvalue weighted by Gasteiger charge is -2.06. The van der Waals surface area contributed by atoms with Crippen LogP contribution in [0.5, 0.6) is 5.88 Å². The molecule has 3 rings (SSSR count). The molecule has 1 amide bonds. The van der Waals surface area contributed by atoms with Crippen LogP contribution in [0, 0.1) is 5.82 Å². The van der Waals surface area contributed by atoms with Gasteiger partial charge in [0.1, 0.15) is 5.82 Å². The Hall–Kier alpha value is -3.22. The first-order chi connectivity index (χ1) is 12.0. The van der Waals surface area contributed by atoms with Gasteiger partial charge in [0, 0.05) is 18.1 Å². The van der Waals surface area contributed by atoms with Crippen LogP contribution in [0.4, 0.5) is 10.1 Å². The first-order valence-corrected chi connectivity index (χ1v) is 7.66. The maximum absolute atomic E-state index is 13.2. The fourth-order valence-corrected chi connectivity index (χ4v) is 2.45. The molecule has 6 nitrogen and oxygen atoms in total. The fourth-order valence-electron chi connectivity index (χ4n) is 2.45. The minimum absolute atomic E-state index is 0.141. The number of carbonyl (C=O) groups is 1. The van der Waals surface area contributed by atoms with Gasteiger partial charge in [-0.1, -0.05) is 0 Å². The second kappa shape index (κ2) is 7.12. The molecule has 3 aromatic rings. The molecule has 0 saturated heterocycles. The van der Waals surface area contributed by atoms with Crippen LogP contribution in [-0.2, 0) is 11.2 Å². The Balaban J connectivity index is 1.67. The summed E-state index contributed by atoms with van der Waals surface area (Å²) in [5.41, 5.74) is 1.13. The van der Waals surface area contributed by atoms with Gasteiger partial charge in [0.05, 0.1) is 24.5 Å². The first-order valence-electron chi connectivity index (χ1n) is 7.66. The SMILES string of the molecule is COc1ccc(NC(=O)CCc2cc3ccc(F)cc3[nH]c2=O)cn1. The summed E-state index contributed by atoms with van der Waals surface area (Å²) in [6.07, 6.45) is 1.91. The third-order valence-corrected chi connectivity index (χ3v) is 3.74. The minimum Gasteiger partial charge on any atom is -0.481 e. The van der Waals surface area contributed by atoms with Crippen molar-refractivity contribution < 1.29 is 13.9 Å². The van der Waals surface area contributed by atoms with E-state index in [4.69, 9.17) is 4.74 Å². The smallest absolute Gasteiger partial charge is 0.251 e. The van der Waals surface area contributed by atoms with Gasteiger partial charge in [-0.3, -0.25) is 9.59 Å². The summed E-state index contributed by atoms with van der Waals surface area (Å²) in [7, 11) is 1.51. The molecule has 0 unspecified atom stereocenters. The highest BCUT2D eigenvalue weighted by molar-refractivity contribution is 5.90. The van der Waals surface area contributed by atoms with Crippen LogP contribution < -0.4 is 15.6 Å². The third kappa shape index (κ3) is 4.00. The zero-order chi connectivity index (χ0) is 17.8. The van der Waals surface area contributed by atoms with E-state index in [2.05, 4.69) is 15.3 Å². The highest BCUT2D eigenvalue weighted by Gasteiger charge is 2.08. The standard InChI is InChI=1S/C18H16FN3O3/c1-25-17-7-5-14(10-20-17)21-16(23)6-3-12-8-11-2-4-13(19)9-15(11)22-18(12)24/h2,4-5,7-10H,3,6H2,1H3,(H,21,23)(H,22,24). The van der Waals surface area contributed by atoms with Crippen LogP contribution >= 0.6 is 0 Å². The average molecular weight is 341 g/mol. The quantitative estimate of drug-likeness (QED) is 0.747. The average Bonchev–Trinajstić information content (AvgIpc) is 2.60. The Morgan fingerprint density at radius 3 is 2.84 bits per heavy atom. The number of hydrogen-bond acceptors (Lipinski definition) is 4. The second-order valence-corrected chi connectivity index (χ2v) is 5.49. The van der Waals surface area contributed by atoms with Crippen LogP contribution in [0.1, 0.15) is 12.0 Å². The Kier molecular flexibility index (Phi) is 4.74. The van der Waals surface area contributed by atoms with Crippen molar-refractivity contribution in [3.05, 3.63) is 64.3 Å². The molecule has 0 bridgehead atoms. The summed E-state index contributed by atoms with van der Waals surface area (Å²) >= 11 is 0. The van der Waals surface area contributed by atoms with Crippen molar-refractivity contribution >= 4 is 22.5 Å². The number of anilines is 1. The number of amides is 1. The van der Waals surface area contributed by atoms with E-state index in [0.29, 0.717) is 22.6 Å². The number of rotatable bonds is 5. The van der Waals surface area contributed by atoms with Crippen LogP contribution in [0.15, 0.2) is 47.4 Å². The van der Waals surface area contributed by atoms with Crippen LogP contribution in [0.2, 0.25) is 0 Å². The van der Waals surface area contributed by atoms with Gasteiger partial charge in [-0.25, -0.2) is 9.37 Å². The van der Waals surface area contributed by atoms with Crippen LogP contribution in [0.3, 0.4) is 0 Å². The lowest BCUT2D eigenvalue weighted by atomic mass is 10.1. The summed E-state index contributed by atoms with van der Waals surface area (Å²) in [5, 5.41) is 3.43. The van der Waals surface area contributed by atoms with Crippen molar-refractivity contribution in [2.24, 2.45) is 0 Å². The molecule has 1 aromatic carbocycles. The summed E-state index contributed by atoms with van der Waals surface area (Å²) < 4.78 is 18.1. The van der Waals surface area contributed by atoms with E-state index >= 15 is 0 Å². The predicted molar refractivity (Wildman–Crippen MR) is 92.3 cm³/mol. The predicted octanol–water partition coefficient (Wildman–Crippen LogP) is 2.64. The molecule has 2 N–H and O–H groups in total. The topological polar surface area (TPSA) is 84.1 Å². The zero-order valence-electron chi connectivity index (χ0n) is 13.5. The molecule has 0 aliphatic heterocycles. The maximum atomic E-state index is 13.2. The van der Waals surface area contributed by atoms with E-state index in [9.17, 15) is 14.0 Å². The van der Waals surface area contributed by atoms with Crippen molar-refractivity contribution in [1.29, 1.82) is 0 Å². The largest absolute Gasteiger partial charge is 0.481 e. The van der Waals surface area contributed by atoms with Gasteiger partial charge in [-0.15, -0.1) is 0 Å². The molecule has 0 saturated carbocycles. The molecule has 7 heteroatoms. The van der Waals surface area contributed by atoms with Gasteiger partial charge in [0.15, 0.2) is 0 Å².